The first-order valence-electron chi connectivity index (χ1n) is 6.78. The van der Waals surface area contributed by atoms with Crippen LogP contribution in [-0.2, 0) is 9.53 Å². The van der Waals surface area contributed by atoms with Crippen LogP contribution < -0.4 is 5.32 Å². The fourth-order valence-electron chi connectivity index (χ4n) is 2.14. The van der Waals surface area contributed by atoms with E-state index >= 15 is 0 Å². The molecule has 0 saturated carbocycles. The van der Waals surface area contributed by atoms with Crippen LogP contribution in [0.25, 0.3) is 0 Å². The predicted octanol–water partition coefficient (Wildman–Crippen LogP) is 3.91. The Bertz CT molecular complexity index is 803. The zero-order valence-electron chi connectivity index (χ0n) is 11.8. The lowest BCUT2D eigenvalue weighted by Crippen LogP contribution is -2.14. The number of esters is 1. The zero-order chi connectivity index (χ0) is 16.4. The monoisotopic (exact) mass is 347 g/mol. The van der Waals surface area contributed by atoms with Gasteiger partial charge in [0.2, 0.25) is 0 Å². The van der Waals surface area contributed by atoms with Crippen molar-refractivity contribution >= 4 is 35.0 Å². The number of allylic oxidation sites excluding steroid dienone is 1. The van der Waals surface area contributed by atoms with Crippen molar-refractivity contribution in [2.45, 2.75) is 6.23 Å². The summed E-state index contributed by atoms with van der Waals surface area (Å²) < 4.78 is 5.22. The summed E-state index contributed by atoms with van der Waals surface area (Å²) in [4.78, 5) is 24.1. The summed E-state index contributed by atoms with van der Waals surface area (Å²) in [5.74, 6) is -0.941. The van der Waals surface area contributed by atoms with Gasteiger partial charge in [-0.05, 0) is 18.2 Å². The molecule has 3 rings (SSSR count). The van der Waals surface area contributed by atoms with Crippen molar-refractivity contribution in [3.05, 3.63) is 81.5 Å². The summed E-state index contributed by atoms with van der Waals surface area (Å²) in [6.07, 6.45) is 0.599. The molecule has 1 atom stereocenters. The van der Waals surface area contributed by atoms with Gasteiger partial charge in [-0.25, -0.2) is 4.79 Å². The average Bonchev–Trinajstić information content (AvgIpc) is 2.92. The SMILES string of the molecule is O=C1OC(c2ccccc2)N/C1=C\C(=O)c1ccc(Cl)c(Cl)c1. The Balaban J connectivity index is 1.81. The standard InChI is InChI=1S/C17H11Cl2NO3/c18-12-7-6-11(8-13(12)19)15(21)9-14-17(22)23-16(20-14)10-4-2-1-3-5-10/h1-9,16,20H/b14-9-. The van der Waals surface area contributed by atoms with E-state index in [-0.39, 0.29) is 16.5 Å². The Morgan fingerprint density at radius 3 is 2.52 bits per heavy atom. The van der Waals surface area contributed by atoms with Crippen LogP contribution in [0.1, 0.15) is 22.1 Å². The molecule has 0 radical (unpaired) electrons. The normalized spacial score (nSPS) is 18.6. The molecule has 0 amide bonds. The number of ketones is 1. The van der Waals surface area contributed by atoms with Crippen LogP contribution in [0.3, 0.4) is 0 Å². The highest BCUT2D eigenvalue weighted by Gasteiger charge is 2.29. The number of nitrogens with one attached hydrogen (secondary N) is 1. The summed E-state index contributed by atoms with van der Waals surface area (Å²) >= 11 is 11.7. The molecule has 1 N–H and O–H groups in total. The van der Waals surface area contributed by atoms with Crippen molar-refractivity contribution in [2.24, 2.45) is 0 Å². The number of cyclic esters (lactones) is 1. The molecule has 2 aromatic rings. The van der Waals surface area contributed by atoms with Crippen molar-refractivity contribution in [2.75, 3.05) is 0 Å². The van der Waals surface area contributed by atoms with Crippen LogP contribution >= 0.6 is 23.2 Å². The summed E-state index contributed by atoms with van der Waals surface area (Å²) in [5.41, 5.74) is 1.24. The molecule has 116 valence electrons. The minimum Gasteiger partial charge on any atom is -0.433 e. The first-order chi connectivity index (χ1) is 11.0. The van der Waals surface area contributed by atoms with Gasteiger partial charge >= 0.3 is 5.97 Å². The molecule has 1 heterocycles. The minimum absolute atomic E-state index is 0.106. The van der Waals surface area contributed by atoms with Crippen LogP contribution in [0.2, 0.25) is 10.0 Å². The lowest BCUT2D eigenvalue weighted by molar-refractivity contribution is -0.139. The van der Waals surface area contributed by atoms with Crippen molar-refractivity contribution in [1.82, 2.24) is 5.32 Å². The first-order valence-corrected chi connectivity index (χ1v) is 7.54. The molecule has 0 aromatic heterocycles. The molecular formula is C17H11Cl2NO3. The molecule has 1 saturated heterocycles. The number of hydrogen-bond acceptors (Lipinski definition) is 4. The second-order valence-electron chi connectivity index (χ2n) is 4.89. The molecular weight excluding hydrogens is 337 g/mol. The molecule has 0 bridgehead atoms. The van der Waals surface area contributed by atoms with Gasteiger partial charge in [0.15, 0.2) is 12.0 Å². The van der Waals surface area contributed by atoms with Crippen LogP contribution in [0.15, 0.2) is 60.3 Å². The summed E-state index contributed by atoms with van der Waals surface area (Å²) in [6.45, 7) is 0. The van der Waals surface area contributed by atoms with Gasteiger partial charge in [0.1, 0.15) is 5.70 Å². The molecule has 23 heavy (non-hydrogen) atoms. The van der Waals surface area contributed by atoms with Gasteiger partial charge in [-0.2, -0.15) is 0 Å². The Kier molecular flexibility index (Phi) is 4.37. The van der Waals surface area contributed by atoms with Gasteiger partial charge in [-0.1, -0.05) is 53.5 Å². The third-order valence-electron chi connectivity index (χ3n) is 3.31. The van der Waals surface area contributed by atoms with Gasteiger partial charge < -0.3 is 10.1 Å². The van der Waals surface area contributed by atoms with Crippen LogP contribution in [-0.4, -0.2) is 11.8 Å². The van der Waals surface area contributed by atoms with E-state index in [1.807, 2.05) is 30.3 Å². The van der Waals surface area contributed by atoms with E-state index in [4.69, 9.17) is 27.9 Å². The van der Waals surface area contributed by atoms with Gasteiger partial charge in [0.25, 0.3) is 0 Å². The fraction of sp³-hybridized carbons (Fsp3) is 0.0588. The highest BCUT2D eigenvalue weighted by Crippen LogP contribution is 2.25. The lowest BCUT2D eigenvalue weighted by Gasteiger charge is -2.08. The Hall–Kier alpha value is -2.30. The van der Waals surface area contributed by atoms with Crippen LogP contribution in [0.5, 0.6) is 0 Å². The molecule has 4 nitrogen and oxygen atoms in total. The third-order valence-corrected chi connectivity index (χ3v) is 4.05. The highest BCUT2D eigenvalue weighted by molar-refractivity contribution is 6.42. The molecule has 0 aliphatic carbocycles. The van der Waals surface area contributed by atoms with Crippen molar-refractivity contribution in [1.29, 1.82) is 0 Å². The number of halogens is 2. The summed E-state index contributed by atoms with van der Waals surface area (Å²) in [7, 11) is 0. The maximum Gasteiger partial charge on any atom is 0.356 e. The van der Waals surface area contributed by atoms with Crippen molar-refractivity contribution in [3.63, 3.8) is 0 Å². The maximum atomic E-state index is 12.2. The van der Waals surface area contributed by atoms with Crippen molar-refractivity contribution in [3.8, 4) is 0 Å². The lowest BCUT2D eigenvalue weighted by atomic mass is 10.1. The number of carbonyl (C=O) groups excluding carboxylic acids is 2. The van der Waals surface area contributed by atoms with Crippen molar-refractivity contribution < 1.29 is 14.3 Å². The van der Waals surface area contributed by atoms with Gasteiger partial charge in [-0.3, -0.25) is 4.79 Å². The van der Waals surface area contributed by atoms with Gasteiger partial charge in [0, 0.05) is 17.2 Å². The van der Waals surface area contributed by atoms with Gasteiger partial charge in [0.05, 0.1) is 10.0 Å². The second-order valence-corrected chi connectivity index (χ2v) is 5.71. The van der Waals surface area contributed by atoms with Crippen LogP contribution in [0, 0.1) is 0 Å². The summed E-state index contributed by atoms with van der Waals surface area (Å²) in [5, 5.41) is 3.53. The second kappa shape index (κ2) is 6.44. The molecule has 1 unspecified atom stereocenters. The number of benzene rings is 2. The smallest absolute Gasteiger partial charge is 0.356 e. The predicted molar refractivity (Wildman–Crippen MR) is 87.3 cm³/mol. The van der Waals surface area contributed by atoms with E-state index in [0.29, 0.717) is 10.6 Å². The number of hydrogen-bond donors (Lipinski definition) is 1. The van der Waals surface area contributed by atoms with E-state index in [9.17, 15) is 9.59 Å². The quantitative estimate of drug-likeness (QED) is 0.519. The highest BCUT2D eigenvalue weighted by atomic mass is 35.5. The van der Waals surface area contributed by atoms with E-state index in [2.05, 4.69) is 5.32 Å². The Morgan fingerprint density at radius 1 is 1.09 bits per heavy atom. The molecule has 6 heteroatoms. The molecule has 0 spiro atoms. The minimum atomic E-state index is -0.600. The van der Waals surface area contributed by atoms with Gasteiger partial charge in [-0.15, -0.1) is 0 Å². The molecule has 1 fully saturated rings. The molecule has 1 aliphatic heterocycles. The first kappa shape index (κ1) is 15.6. The van der Waals surface area contributed by atoms with E-state index in [1.165, 1.54) is 18.2 Å². The zero-order valence-corrected chi connectivity index (χ0v) is 13.3. The largest absolute Gasteiger partial charge is 0.433 e. The molecule has 2 aromatic carbocycles. The molecule has 1 aliphatic rings. The number of carbonyl (C=O) groups is 2. The van der Waals surface area contributed by atoms with Crippen LogP contribution in [0.4, 0.5) is 0 Å². The van der Waals surface area contributed by atoms with E-state index in [1.54, 1.807) is 6.07 Å². The number of rotatable bonds is 3. The third kappa shape index (κ3) is 3.38. The summed E-state index contributed by atoms with van der Waals surface area (Å²) in [6, 6.07) is 13.7. The van der Waals surface area contributed by atoms with E-state index in [0.717, 1.165) is 5.56 Å². The Morgan fingerprint density at radius 2 is 1.83 bits per heavy atom. The van der Waals surface area contributed by atoms with E-state index < -0.39 is 12.2 Å². The topological polar surface area (TPSA) is 55.4 Å². The maximum absolute atomic E-state index is 12.2. The average molecular weight is 348 g/mol. The number of ether oxygens (including phenoxy) is 1. The Labute approximate surface area is 142 Å². The fourth-order valence-corrected chi connectivity index (χ4v) is 2.44.